The molecule has 154 valence electrons. The highest BCUT2D eigenvalue weighted by atomic mass is 16.5. The van der Waals surface area contributed by atoms with Crippen molar-refractivity contribution < 1.29 is 24.2 Å². The molecule has 2 fully saturated rings. The van der Waals surface area contributed by atoms with Crippen LogP contribution in [0.2, 0.25) is 0 Å². The minimum absolute atomic E-state index is 0.0647. The fraction of sp³-hybridized carbons (Fsp3) is 0.476. The van der Waals surface area contributed by atoms with Gasteiger partial charge < -0.3 is 19.5 Å². The largest absolute Gasteiger partial charge is 0.497 e. The van der Waals surface area contributed by atoms with Crippen molar-refractivity contribution in [1.82, 2.24) is 15.1 Å². The number of hydrogen-bond acceptors (Lipinski definition) is 5. The first kappa shape index (κ1) is 19.4. The van der Waals surface area contributed by atoms with E-state index in [1.54, 1.807) is 13.3 Å². The van der Waals surface area contributed by atoms with Crippen LogP contribution in [0.25, 0.3) is 11.3 Å². The van der Waals surface area contributed by atoms with Crippen molar-refractivity contribution >= 4 is 11.9 Å². The van der Waals surface area contributed by atoms with E-state index in [1.165, 1.54) is 0 Å². The molecule has 4 rings (SSSR count). The van der Waals surface area contributed by atoms with Crippen LogP contribution in [0.15, 0.2) is 30.5 Å². The summed E-state index contributed by atoms with van der Waals surface area (Å²) in [4.78, 5) is 26.3. The number of carbonyl (C=O) groups is 2. The topological polar surface area (TPSA) is 105 Å². The number of carboxylic acids is 1. The Morgan fingerprint density at radius 1 is 1.21 bits per heavy atom. The summed E-state index contributed by atoms with van der Waals surface area (Å²) in [6, 6.07) is 7.46. The highest BCUT2D eigenvalue weighted by molar-refractivity contribution is 5.99. The van der Waals surface area contributed by atoms with Gasteiger partial charge in [-0.3, -0.25) is 14.7 Å². The minimum Gasteiger partial charge on any atom is -0.497 e. The van der Waals surface area contributed by atoms with Gasteiger partial charge in [0.1, 0.15) is 5.75 Å². The van der Waals surface area contributed by atoms with Crippen LogP contribution in [0.1, 0.15) is 29.6 Å². The fourth-order valence-electron chi connectivity index (χ4n) is 4.37. The van der Waals surface area contributed by atoms with Crippen molar-refractivity contribution in [3.05, 3.63) is 36.0 Å². The molecule has 1 amide bonds. The number of aliphatic carboxylic acids is 1. The summed E-state index contributed by atoms with van der Waals surface area (Å²) in [5.41, 5.74) is 2.09. The number of carbonyl (C=O) groups excluding carboxylic acids is 1. The third kappa shape index (κ3) is 3.85. The van der Waals surface area contributed by atoms with Crippen LogP contribution in [-0.4, -0.2) is 65.0 Å². The summed E-state index contributed by atoms with van der Waals surface area (Å²) >= 11 is 0. The lowest BCUT2D eigenvalue weighted by Crippen LogP contribution is -2.43. The van der Waals surface area contributed by atoms with E-state index in [0.29, 0.717) is 37.4 Å². The van der Waals surface area contributed by atoms with Crippen LogP contribution >= 0.6 is 0 Å². The number of nitrogens with one attached hydrogen (secondary N) is 1. The Labute approximate surface area is 168 Å². The number of likely N-dealkylation sites (tertiary alicyclic amines) is 1. The first-order chi connectivity index (χ1) is 14.1. The molecule has 0 spiro atoms. The summed E-state index contributed by atoms with van der Waals surface area (Å²) in [6.07, 6.45) is 3.38. The first-order valence-electron chi connectivity index (χ1n) is 9.90. The highest BCUT2D eigenvalue weighted by Gasteiger charge is 2.41. The lowest BCUT2D eigenvalue weighted by molar-refractivity contribution is -0.145. The summed E-state index contributed by atoms with van der Waals surface area (Å²) < 4.78 is 10.9. The van der Waals surface area contributed by atoms with Crippen molar-refractivity contribution in [2.24, 2.45) is 11.8 Å². The molecule has 1 aromatic heterocycles. The molecule has 0 aliphatic carbocycles. The van der Waals surface area contributed by atoms with Gasteiger partial charge in [-0.2, -0.15) is 5.10 Å². The van der Waals surface area contributed by atoms with E-state index >= 15 is 0 Å². The van der Waals surface area contributed by atoms with Crippen molar-refractivity contribution in [3.8, 4) is 17.0 Å². The standard InChI is InChI=1S/C21H25N3O5/c1-28-15-4-2-13(3-5-15)18-17(12-22-23-18)20(25)24-9-6-14(7-10-24)19-16(21(26)27)8-11-29-19/h2-5,12,14,16,19H,6-11H2,1H3,(H,22,23)(H,26,27)/t16?,19-/m0/s1. The molecular weight excluding hydrogens is 374 g/mol. The smallest absolute Gasteiger partial charge is 0.309 e. The second kappa shape index (κ2) is 8.24. The summed E-state index contributed by atoms with van der Waals surface area (Å²) in [7, 11) is 1.61. The fourth-order valence-corrected chi connectivity index (χ4v) is 4.37. The van der Waals surface area contributed by atoms with Gasteiger partial charge in [-0.05, 0) is 49.4 Å². The van der Waals surface area contributed by atoms with E-state index in [4.69, 9.17) is 9.47 Å². The molecule has 29 heavy (non-hydrogen) atoms. The maximum absolute atomic E-state index is 13.1. The molecule has 3 heterocycles. The number of aromatic amines is 1. The Kier molecular flexibility index (Phi) is 5.53. The van der Waals surface area contributed by atoms with E-state index < -0.39 is 11.9 Å². The number of amides is 1. The van der Waals surface area contributed by atoms with Crippen LogP contribution in [0.5, 0.6) is 5.75 Å². The van der Waals surface area contributed by atoms with E-state index in [-0.39, 0.29) is 17.9 Å². The number of methoxy groups -OCH3 is 1. The van der Waals surface area contributed by atoms with E-state index in [0.717, 1.165) is 24.2 Å². The predicted octanol–water partition coefficient (Wildman–Crippen LogP) is 2.43. The molecule has 0 bridgehead atoms. The van der Waals surface area contributed by atoms with Crippen molar-refractivity contribution in [2.75, 3.05) is 26.8 Å². The van der Waals surface area contributed by atoms with Crippen LogP contribution in [0.4, 0.5) is 0 Å². The minimum atomic E-state index is -0.784. The molecule has 1 unspecified atom stereocenters. The zero-order valence-electron chi connectivity index (χ0n) is 16.3. The maximum atomic E-state index is 13.1. The summed E-state index contributed by atoms with van der Waals surface area (Å²) in [5, 5.41) is 16.4. The van der Waals surface area contributed by atoms with Crippen LogP contribution in [0.3, 0.4) is 0 Å². The molecule has 2 atom stereocenters. The van der Waals surface area contributed by atoms with Crippen molar-refractivity contribution in [3.63, 3.8) is 0 Å². The molecule has 1 aromatic carbocycles. The highest BCUT2D eigenvalue weighted by Crippen LogP contribution is 2.34. The molecule has 2 N–H and O–H groups in total. The molecule has 2 saturated heterocycles. The van der Waals surface area contributed by atoms with E-state index in [9.17, 15) is 14.7 Å². The van der Waals surface area contributed by atoms with Gasteiger partial charge in [-0.25, -0.2) is 0 Å². The van der Waals surface area contributed by atoms with Crippen LogP contribution in [-0.2, 0) is 9.53 Å². The lowest BCUT2D eigenvalue weighted by atomic mass is 9.84. The summed E-state index contributed by atoms with van der Waals surface area (Å²) in [5.74, 6) is -0.360. The Hall–Kier alpha value is -2.87. The molecule has 8 nitrogen and oxygen atoms in total. The van der Waals surface area contributed by atoms with E-state index in [2.05, 4.69) is 10.2 Å². The second-order valence-corrected chi connectivity index (χ2v) is 7.59. The summed E-state index contributed by atoms with van der Waals surface area (Å²) in [6.45, 7) is 1.67. The Morgan fingerprint density at radius 3 is 2.59 bits per heavy atom. The van der Waals surface area contributed by atoms with Gasteiger partial charge in [0.15, 0.2) is 0 Å². The Balaban J connectivity index is 1.43. The number of ether oxygens (including phenoxy) is 2. The second-order valence-electron chi connectivity index (χ2n) is 7.59. The Bertz CT molecular complexity index is 871. The van der Waals surface area contributed by atoms with Crippen molar-refractivity contribution in [1.29, 1.82) is 0 Å². The molecule has 0 radical (unpaired) electrons. The zero-order valence-corrected chi connectivity index (χ0v) is 16.3. The van der Waals surface area contributed by atoms with Gasteiger partial charge in [0.2, 0.25) is 0 Å². The third-order valence-corrected chi connectivity index (χ3v) is 5.99. The normalized spacial score (nSPS) is 22.6. The monoisotopic (exact) mass is 399 g/mol. The molecule has 0 saturated carbocycles. The quantitative estimate of drug-likeness (QED) is 0.800. The van der Waals surface area contributed by atoms with Crippen molar-refractivity contribution in [2.45, 2.75) is 25.4 Å². The number of benzene rings is 1. The molecule has 2 aliphatic heterocycles. The number of hydrogen-bond donors (Lipinski definition) is 2. The van der Waals surface area contributed by atoms with Gasteiger partial charge in [0.05, 0.1) is 36.6 Å². The average Bonchev–Trinajstić information content (AvgIpc) is 3.43. The molecule has 2 aliphatic rings. The number of rotatable bonds is 5. The number of piperidine rings is 1. The maximum Gasteiger partial charge on any atom is 0.309 e. The molecule has 2 aromatic rings. The van der Waals surface area contributed by atoms with Gasteiger partial charge in [-0.1, -0.05) is 0 Å². The van der Waals surface area contributed by atoms with Gasteiger partial charge in [0.25, 0.3) is 5.91 Å². The predicted molar refractivity (Wildman–Crippen MR) is 105 cm³/mol. The number of carboxylic acid groups (broad SMARTS) is 1. The number of aromatic nitrogens is 2. The lowest BCUT2D eigenvalue weighted by Gasteiger charge is -2.35. The van der Waals surface area contributed by atoms with Crippen LogP contribution in [0, 0.1) is 11.8 Å². The first-order valence-corrected chi connectivity index (χ1v) is 9.90. The third-order valence-electron chi connectivity index (χ3n) is 5.99. The zero-order chi connectivity index (χ0) is 20.4. The average molecular weight is 399 g/mol. The van der Waals surface area contributed by atoms with Crippen LogP contribution < -0.4 is 4.74 Å². The van der Waals surface area contributed by atoms with Gasteiger partial charge in [0, 0.05) is 25.3 Å². The Morgan fingerprint density at radius 2 is 1.93 bits per heavy atom. The number of nitrogens with zero attached hydrogens (tertiary/aromatic N) is 2. The van der Waals surface area contributed by atoms with E-state index in [1.807, 2.05) is 29.2 Å². The SMILES string of the molecule is COc1ccc(-c2[nH]ncc2C(=O)N2CCC([C@@H]3OCCC3C(=O)O)CC2)cc1. The van der Waals surface area contributed by atoms with Gasteiger partial charge in [-0.15, -0.1) is 0 Å². The molecular formula is C21H25N3O5. The van der Waals surface area contributed by atoms with Gasteiger partial charge >= 0.3 is 5.97 Å². The number of H-pyrrole nitrogens is 1. The molecule has 8 heteroatoms.